The van der Waals surface area contributed by atoms with E-state index in [4.69, 9.17) is 10.4 Å². The van der Waals surface area contributed by atoms with Crippen LogP contribution >= 0.6 is 0 Å². The highest BCUT2D eigenvalue weighted by atomic mass is 16.3. The van der Waals surface area contributed by atoms with Crippen molar-refractivity contribution in [3.8, 4) is 11.8 Å². The Bertz CT molecular complexity index is 402. The molecule has 0 aliphatic rings. The topological polar surface area (TPSA) is 61.1 Å². The summed E-state index contributed by atoms with van der Waals surface area (Å²) in [6, 6.07) is 4.64. The molecule has 0 fully saturated rings. The van der Waals surface area contributed by atoms with Gasteiger partial charge in [-0.2, -0.15) is 5.26 Å². The summed E-state index contributed by atoms with van der Waals surface area (Å²) < 4.78 is 0. The van der Waals surface area contributed by atoms with Gasteiger partial charge >= 0.3 is 0 Å². The van der Waals surface area contributed by atoms with Crippen molar-refractivity contribution in [2.24, 2.45) is 0 Å². The molecule has 0 amide bonds. The molecule has 0 atom stereocenters. The smallest absolute Gasteiger partial charge is 0.161 e. The molecule has 0 radical (unpaired) electrons. The third-order valence-electron chi connectivity index (χ3n) is 1.79. The van der Waals surface area contributed by atoms with Crippen LogP contribution in [-0.4, -0.2) is 10.9 Å². The first kappa shape index (κ1) is 9.27. The largest absolute Gasteiger partial charge is 0.508 e. The summed E-state index contributed by atoms with van der Waals surface area (Å²) in [6.07, 6.45) is 0. The Balaban J connectivity index is 3.50. The molecule has 0 saturated heterocycles. The molecule has 0 saturated carbocycles. The van der Waals surface area contributed by atoms with E-state index in [1.807, 2.05) is 6.07 Å². The van der Waals surface area contributed by atoms with Crippen molar-refractivity contribution in [3.05, 3.63) is 28.8 Å². The minimum absolute atomic E-state index is 0.0130. The lowest BCUT2D eigenvalue weighted by atomic mass is 9.99. The van der Waals surface area contributed by atoms with E-state index in [1.165, 1.54) is 19.1 Å². The fourth-order valence-electron chi connectivity index (χ4n) is 1.32. The molecule has 66 valence electrons. The van der Waals surface area contributed by atoms with Gasteiger partial charge in [0.25, 0.3) is 0 Å². The zero-order valence-electron chi connectivity index (χ0n) is 7.46. The van der Waals surface area contributed by atoms with Crippen LogP contribution in [0.2, 0.25) is 0 Å². The number of carbonyl (C=O) groups is 1. The zero-order chi connectivity index (χ0) is 10.0. The summed E-state index contributed by atoms with van der Waals surface area (Å²) in [6.45, 7) is 3.09. The Labute approximate surface area is 76.2 Å². The van der Waals surface area contributed by atoms with Crippen LogP contribution in [0.4, 0.5) is 0 Å². The standard InChI is InChI=1S/C10H9NO2/c1-6-3-9(13)4-8(5-11)10(6)7(2)12/h3-4,13H,1-2H3. The normalized spacial score (nSPS) is 9.31. The molecule has 1 N–H and O–H groups in total. The highest BCUT2D eigenvalue weighted by molar-refractivity contribution is 5.98. The number of hydrogen-bond donors (Lipinski definition) is 1. The number of aryl methyl sites for hydroxylation is 1. The van der Waals surface area contributed by atoms with Gasteiger partial charge in [-0.1, -0.05) is 0 Å². The van der Waals surface area contributed by atoms with Gasteiger partial charge in [0.2, 0.25) is 0 Å². The number of nitrogens with zero attached hydrogens (tertiary/aromatic N) is 1. The Morgan fingerprint density at radius 1 is 1.54 bits per heavy atom. The van der Waals surface area contributed by atoms with Crippen molar-refractivity contribution in [2.45, 2.75) is 13.8 Å². The van der Waals surface area contributed by atoms with E-state index in [0.29, 0.717) is 11.1 Å². The van der Waals surface area contributed by atoms with Crippen LogP contribution in [0.1, 0.15) is 28.4 Å². The number of aromatic hydroxyl groups is 1. The van der Waals surface area contributed by atoms with Crippen LogP contribution in [0.5, 0.6) is 5.75 Å². The van der Waals surface area contributed by atoms with Gasteiger partial charge in [-0.05, 0) is 31.5 Å². The molecule has 3 nitrogen and oxygen atoms in total. The van der Waals surface area contributed by atoms with E-state index < -0.39 is 0 Å². The van der Waals surface area contributed by atoms with Crippen LogP contribution in [0, 0.1) is 18.3 Å². The third kappa shape index (κ3) is 1.67. The first-order chi connectivity index (χ1) is 6.06. The summed E-state index contributed by atoms with van der Waals surface area (Å²) in [5.41, 5.74) is 1.24. The first-order valence-electron chi connectivity index (χ1n) is 3.81. The predicted molar refractivity (Wildman–Crippen MR) is 47.6 cm³/mol. The molecule has 0 spiro atoms. The van der Waals surface area contributed by atoms with Crippen LogP contribution in [-0.2, 0) is 0 Å². The highest BCUT2D eigenvalue weighted by Crippen LogP contribution is 2.20. The number of benzene rings is 1. The molecule has 1 aromatic rings. The second kappa shape index (κ2) is 3.28. The molecule has 0 aliphatic heterocycles. The number of Topliss-reactive ketones (excluding diaryl/α,β-unsaturated/α-hetero) is 1. The monoisotopic (exact) mass is 175 g/mol. The van der Waals surface area contributed by atoms with E-state index in [2.05, 4.69) is 0 Å². The van der Waals surface area contributed by atoms with Gasteiger partial charge in [0.15, 0.2) is 5.78 Å². The second-order valence-corrected chi connectivity index (χ2v) is 2.85. The van der Waals surface area contributed by atoms with Crippen molar-refractivity contribution in [1.82, 2.24) is 0 Å². The zero-order valence-corrected chi connectivity index (χ0v) is 7.46. The molecule has 0 unspecified atom stereocenters. The fourth-order valence-corrected chi connectivity index (χ4v) is 1.32. The maximum atomic E-state index is 11.1. The molecule has 1 rings (SSSR count). The number of phenols is 1. The molecular formula is C10H9NO2. The van der Waals surface area contributed by atoms with Gasteiger partial charge < -0.3 is 5.11 Å². The van der Waals surface area contributed by atoms with Crippen molar-refractivity contribution < 1.29 is 9.90 Å². The SMILES string of the molecule is CC(=O)c1c(C)cc(O)cc1C#N. The Kier molecular flexibility index (Phi) is 2.34. The Morgan fingerprint density at radius 2 is 2.15 bits per heavy atom. The lowest BCUT2D eigenvalue weighted by Crippen LogP contribution is -1.99. The maximum absolute atomic E-state index is 11.1. The van der Waals surface area contributed by atoms with Crippen molar-refractivity contribution >= 4 is 5.78 Å². The van der Waals surface area contributed by atoms with Crippen LogP contribution in [0.3, 0.4) is 0 Å². The Morgan fingerprint density at radius 3 is 2.62 bits per heavy atom. The fraction of sp³-hybridized carbons (Fsp3) is 0.200. The first-order valence-corrected chi connectivity index (χ1v) is 3.81. The van der Waals surface area contributed by atoms with Crippen LogP contribution < -0.4 is 0 Å². The lowest BCUT2D eigenvalue weighted by Gasteiger charge is -2.04. The maximum Gasteiger partial charge on any atom is 0.161 e. The molecule has 0 aliphatic carbocycles. The quantitative estimate of drug-likeness (QED) is 0.661. The van der Waals surface area contributed by atoms with Gasteiger partial charge in [-0.3, -0.25) is 4.79 Å². The van der Waals surface area contributed by atoms with Gasteiger partial charge in [-0.25, -0.2) is 0 Å². The van der Waals surface area contributed by atoms with E-state index in [1.54, 1.807) is 6.92 Å². The van der Waals surface area contributed by atoms with Gasteiger partial charge in [-0.15, -0.1) is 0 Å². The number of ketones is 1. The van der Waals surface area contributed by atoms with Crippen molar-refractivity contribution in [2.75, 3.05) is 0 Å². The van der Waals surface area contributed by atoms with Crippen LogP contribution in [0.15, 0.2) is 12.1 Å². The van der Waals surface area contributed by atoms with Gasteiger partial charge in [0, 0.05) is 5.56 Å². The van der Waals surface area contributed by atoms with Crippen LogP contribution in [0.25, 0.3) is 0 Å². The number of nitriles is 1. The average Bonchev–Trinajstić information content (AvgIpc) is 2.01. The van der Waals surface area contributed by atoms with E-state index in [9.17, 15) is 4.79 Å². The number of hydrogen-bond acceptors (Lipinski definition) is 3. The number of carbonyl (C=O) groups excluding carboxylic acids is 1. The van der Waals surface area contributed by atoms with E-state index >= 15 is 0 Å². The van der Waals surface area contributed by atoms with E-state index in [-0.39, 0.29) is 17.1 Å². The van der Waals surface area contributed by atoms with Gasteiger partial charge in [0.1, 0.15) is 11.8 Å². The summed E-state index contributed by atoms with van der Waals surface area (Å²) in [7, 11) is 0. The van der Waals surface area contributed by atoms with E-state index in [0.717, 1.165) is 0 Å². The lowest BCUT2D eigenvalue weighted by molar-refractivity contribution is 0.101. The average molecular weight is 175 g/mol. The predicted octanol–water partition coefficient (Wildman–Crippen LogP) is 1.77. The molecule has 0 aromatic heterocycles. The van der Waals surface area contributed by atoms with Gasteiger partial charge in [0.05, 0.1) is 5.56 Å². The summed E-state index contributed by atoms with van der Waals surface area (Å²) in [5.74, 6) is -0.145. The second-order valence-electron chi connectivity index (χ2n) is 2.85. The highest BCUT2D eigenvalue weighted by Gasteiger charge is 2.11. The summed E-state index contributed by atoms with van der Waals surface area (Å²) in [5, 5.41) is 17.9. The summed E-state index contributed by atoms with van der Waals surface area (Å²) in [4.78, 5) is 11.1. The molecule has 0 heterocycles. The van der Waals surface area contributed by atoms with Crippen molar-refractivity contribution in [3.63, 3.8) is 0 Å². The number of rotatable bonds is 1. The molecular weight excluding hydrogens is 166 g/mol. The molecule has 13 heavy (non-hydrogen) atoms. The summed E-state index contributed by atoms with van der Waals surface area (Å²) >= 11 is 0. The molecule has 3 heteroatoms. The molecule has 0 bridgehead atoms. The van der Waals surface area contributed by atoms with Crippen molar-refractivity contribution in [1.29, 1.82) is 5.26 Å². The minimum Gasteiger partial charge on any atom is -0.508 e. The Hall–Kier alpha value is -1.82. The molecule has 1 aromatic carbocycles. The third-order valence-corrected chi connectivity index (χ3v) is 1.79. The number of phenolic OH excluding ortho intramolecular Hbond substituents is 1. The minimum atomic E-state index is -0.158.